The summed E-state index contributed by atoms with van der Waals surface area (Å²) < 4.78 is 1.78. The summed E-state index contributed by atoms with van der Waals surface area (Å²) in [4.78, 5) is 34.3. The van der Waals surface area contributed by atoms with Crippen molar-refractivity contribution in [1.29, 1.82) is 0 Å². The first-order chi connectivity index (χ1) is 13.6. The molecule has 2 aromatic rings. The van der Waals surface area contributed by atoms with E-state index >= 15 is 0 Å². The summed E-state index contributed by atoms with van der Waals surface area (Å²) in [7, 11) is 2.12. The van der Waals surface area contributed by atoms with Gasteiger partial charge in [-0.3, -0.25) is 14.5 Å². The number of carboxylic acids is 1. The summed E-state index contributed by atoms with van der Waals surface area (Å²) in [5, 5.41) is 10.4. The molecule has 158 valence electrons. The van der Waals surface area contributed by atoms with Crippen LogP contribution in [0.2, 0.25) is 0 Å². The first-order valence-corrected chi connectivity index (χ1v) is 10.3. The Bertz CT molecular complexity index is 992. The molecule has 0 aliphatic carbocycles. The average Bonchev–Trinajstić information content (AvgIpc) is 2.64. The summed E-state index contributed by atoms with van der Waals surface area (Å²) in [5.74, 6) is -0.524. The molecule has 29 heavy (non-hydrogen) atoms. The van der Waals surface area contributed by atoms with E-state index in [4.69, 9.17) is 0 Å². The van der Waals surface area contributed by atoms with E-state index in [9.17, 15) is 14.7 Å². The minimum atomic E-state index is -0.979. The van der Waals surface area contributed by atoms with Crippen molar-refractivity contribution in [3.63, 3.8) is 0 Å². The van der Waals surface area contributed by atoms with Gasteiger partial charge in [0.15, 0.2) is 0 Å². The number of fused-ring (bicyclic) bond motifs is 1. The lowest BCUT2D eigenvalue weighted by Gasteiger charge is -2.29. The summed E-state index contributed by atoms with van der Waals surface area (Å²) in [6.07, 6.45) is 2.52. The van der Waals surface area contributed by atoms with Gasteiger partial charge in [-0.25, -0.2) is 9.59 Å². The Kier molecular flexibility index (Phi) is 6.27. The Morgan fingerprint density at radius 2 is 1.93 bits per heavy atom. The van der Waals surface area contributed by atoms with Crippen LogP contribution in [0.4, 0.5) is 0 Å². The van der Waals surface area contributed by atoms with Gasteiger partial charge in [0, 0.05) is 11.9 Å². The van der Waals surface area contributed by atoms with Crippen molar-refractivity contribution < 1.29 is 9.90 Å². The van der Waals surface area contributed by atoms with E-state index in [1.54, 1.807) is 4.57 Å². The van der Waals surface area contributed by atoms with Crippen LogP contribution in [-0.4, -0.2) is 51.7 Å². The number of aliphatic carboxylic acids is 1. The van der Waals surface area contributed by atoms with Crippen LogP contribution in [0.15, 0.2) is 34.1 Å². The molecule has 2 N–H and O–H groups in total. The van der Waals surface area contributed by atoms with E-state index in [0.29, 0.717) is 24.4 Å². The van der Waals surface area contributed by atoms with E-state index in [1.807, 2.05) is 45.0 Å². The smallest absolute Gasteiger partial charge is 0.328 e. The summed E-state index contributed by atoms with van der Waals surface area (Å²) in [5.41, 5.74) is 0.725. The second-order valence-electron chi connectivity index (χ2n) is 9.40. The van der Waals surface area contributed by atoms with Crippen LogP contribution in [0.25, 0.3) is 10.9 Å². The van der Waals surface area contributed by atoms with Crippen LogP contribution < -0.4 is 11.2 Å². The van der Waals surface area contributed by atoms with E-state index in [2.05, 4.69) is 21.9 Å². The number of hydrogen-bond acceptors (Lipinski definition) is 4. The molecule has 0 saturated carbocycles. The fraction of sp³-hybridized carbons (Fsp3) is 0.591. The number of carboxylic acid groups (broad SMARTS) is 1. The zero-order valence-electron chi connectivity index (χ0n) is 17.8. The van der Waals surface area contributed by atoms with E-state index in [-0.39, 0.29) is 11.1 Å². The number of nitrogens with zero attached hydrogens (tertiary/aromatic N) is 3. The molecule has 1 aliphatic heterocycles. The van der Waals surface area contributed by atoms with Crippen LogP contribution in [0.5, 0.6) is 0 Å². The maximum atomic E-state index is 12.9. The number of rotatable bonds is 5. The minimum Gasteiger partial charge on any atom is -0.480 e. The topological polar surface area (TPSA) is 90.7 Å². The molecule has 1 aromatic carbocycles. The van der Waals surface area contributed by atoms with Gasteiger partial charge in [0.1, 0.15) is 11.5 Å². The number of aromatic amines is 1. The highest BCUT2D eigenvalue weighted by atomic mass is 16.4. The Balaban J connectivity index is 2.05. The van der Waals surface area contributed by atoms with Gasteiger partial charge in [-0.2, -0.15) is 0 Å². The molecular weight excluding hydrogens is 368 g/mol. The molecule has 0 spiro atoms. The number of para-hydroxylation sites is 1. The van der Waals surface area contributed by atoms with Crippen LogP contribution in [0.3, 0.4) is 0 Å². The highest BCUT2D eigenvalue weighted by Gasteiger charge is 2.24. The Morgan fingerprint density at radius 3 is 2.55 bits per heavy atom. The van der Waals surface area contributed by atoms with Crippen molar-refractivity contribution in [1.82, 2.24) is 14.5 Å². The lowest BCUT2D eigenvalue weighted by atomic mass is 9.88. The molecule has 2 heterocycles. The highest BCUT2D eigenvalue weighted by molar-refractivity contribution is 5.78. The number of hydrogen-bond donors (Lipinski definition) is 2. The van der Waals surface area contributed by atoms with Gasteiger partial charge in [-0.15, -0.1) is 0 Å². The number of benzene rings is 1. The third-order valence-electron chi connectivity index (χ3n) is 5.58. The molecule has 0 radical (unpaired) electrons. The average molecular weight is 401 g/mol. The van der Waals surface area contributed by atoms with Gasteiger partial charge in [0.2, 0.25) is 0 Å². The molecule has 1 aliphatic rings. The number of aromatic nitrogens is 2. The van der Waals surface area contributed by atoms with Crippen molar-refractivity contribution in [3.8, 4) is 0 Å². The quantitative estimate of drug-likeness (QED) is 0.807. The fourth-order valence-electron chi connectivity index (χ4n) is 3.96. The van der Waals surface area contributed by atoms with Gasteiger partial charge in [-0.05, 0) is 62.9 Å². The summed E-state index contributed by atoms with van der Waals surface area (Å²) >= 11 is 0. The van der Waals surface area contributed by atoms with Crippen molar-refractivity contribution in [3.05, 3.63) is 40.2 Å². The summed E-state index contributed by atoms with van der Waals surface area (Å²) in [6, 6.07) is 6.70. The van der Waals surface area contributed by atoms with Crippen molar-refractivity contribution >= 4 is 16.9 Å². The Morgan fingerprint density at radius 1 is 1.28 bits per heavy atom. The molecule has 1 atom stereocenters. The number of likely N-dealkylation sites (tertiary alicyclic amines) is 1. The molecular formula is C22H32N4O3. The van der Waals surface area contributed by atoms with Crippen LogP contribution >= 0.6 is 0 Å². The van der Waals surface area contributed by atoms with Crippen LogP contribution in [0.1, 0.15) is 40.0 Å². The minimum absolute atomic E-state index is 0.189. The van der Waals surface area contributed by atoms with Crippen molar-refractivity contribution in [2.24, 2.45) is 16.3 Å². The normalized spacial score (nSPS) is 18.3. The third-order valence-corrected chi connectivity index (χ3v) is 5.58. The number of piperidine rings is 1. The molecule has 1 aromatic heterocycles. The van der Waals surface area contributed by atoms with Crippen LogP contribution in [-0.2, 0) is 11.3 Å². The molecule has 1 saturated heterocycles. The Hall–Kier alpha value is -2.41. The number of H-pyrrole nitrogens is 1. The monoisotopic (exact) mass is 400 g/mol. The van der Waals surface area contributed by atoms with Gasteiger partial charge in [0.05, 0.1) is 5.52 Å². The molecule has 7 heteroatoms. The van der Waals surface area contributed by atoms with E-state index in [0.717, 1.165) is 36.8 Å². The van der Waals surface area contributed by atoms with Crippen molar-refractivity contribution in [2.75, 3.05) is 20.1 Å². The van der Waals surface area contributed by atoms with Crippen LogP contribution in [0, 0.1) is 11.3 Å². The molecule has 1 unspecified atom stereocenters. The molecule has 7 nitrogen and oxygen atoms in total. The zero-order chi connectivity index (χ0) is 21.2. The predicted molar refractivity (Wildman–Crippen MR) is 114 cm³/mol. The van der Waals surface area contributed by atoms with Gasteiger partial charge in [0.25, 0.3) is 0 Å². The van der Waals surface area contributed by atoms with Gasteiger partial charge >= 0.3 is 11.7 Å². The highest BCUT2D eigenvalue weighted by Crippen LogP contribution is 2.23. The van der Waals surface area contributed by atoms with Gasteiger partial charge in [-0.1, -0.05) is 32.9 Å². The SMILES string of the molecule is CN1CCC(Cn2c(=O)[nH]/c(=N/C(CC(C)(C)C)C(=O)O)c3ccccc32)CC1. The summed E-state index contributed by atoms with van der Waals surface area (Å²) in [6.45, 7) is 8.71. The van der Waals surface area contributed by atoms with Crippen molar-refractivity contribution in [2.45, 2.75) is 52.6 Å². The predicted octanol–water partition coefficient (Wildman–Crippen LogP) is 2.46. The lowest BCUT2D eigenvalue weighted by molar-refractivity contribution is -0.139. The molecule has 1 fully saturated rings. The number of nitrogens with one attached hydrogen (secondary N) is 1. The second-order valence-corrected chi connectivity index (χ2v) is 9.40. The Labute approximate surface area is 171 Å². The zero-order valence-corrected chi connectivity index (χ0v) is 17.8. The fourth-order valence-corrected chi connectivity index (χ4v) is 3.96. The molecule has 0 amide bonds. The number of carbonyl (C=O) groups is 1. The maximum Gasteiger partial charge on any atom is 0.328 e. The van der Waals surface area contributed by atoms with E-state index in [1.165, 1.54) is 0 Å². The standard InChI is InChI=1S/C22H32N4O3/c1-22(2,3)13-17(20(27)28)23-19-16-7-5-6-8-18(16)26(21(29)24-19)14-15-9-11-25(4)12-10-15/h5-8,15,17H,9-14H2,1-4H3,(H,27,28)(H,23,24,29). The first kappa shape index (κ1) is 21.3. The second kappa shape index (κ2) is 8.53. The third kappa shape index (κ3) is 5.35. The lowest BCUT2D eigenvalue weighted by Crippen LogP contribution is -2.37. The first-order valence-electron chi connectivity index (χ1n) is 10.3. The maximum absolute atomic E-state index is 12.9. The molecule has 0 bridgehead atoms. The van der Waals surface area contributed by atoms with E-state index < -0.39 is 12.0 Å². The van der Waals surface area contributed by atoms with Gasteiger partial charge < -0.3 is 10.0 Å². The largest absolute Gasteiger partial charge is 0.480 e. The molecule has 3 rings (SSSR count).